The summed E-state index contributed by atoms with van der Waals surface area (Å²) in [5, 5.41) is 14.0. The number of alkyl halides is 3. The molecule has 0 unspecified atom stereocenters. The summed E-state index contributed by atoms with van der Waals surface area (Å²) >= 11 is 14.1. The van der Waals surface area contributed by atoms with Crippen molar-refractivity contribution < 1.29 is 32.2 Å². The fourth-order valence-electron chi connectivity index (χ4n) is 6.10. The number of nitrogens with one attached hydrogen (secondary N) is 3. The number of hydrogen-bond acceptors (Lipinski definition) is 8. The Hall–Kier alpha value is -4.32. The maximum Gasteiger partial charge on any atom is 0.442 e. The number of aromatic amines is 1. The lowest BCUT2D eigenvalue weighted by Crippen LogP contribution is -2.47. The lowest BCUT2D eigenvalue weighted by atomic mass is 10.0. The largest absolute Gasteiger partial charge is 0.491 e. The van der Waals surface area contributed by atoms with E-state index in [2.05, 4.69) is 35.6 Å². The predicted molar refractivity (Wildman–Crippen MR) is 214 cm³/mol. The van der Waals surface area contributed by atoms with Crippen LogP contribution in [0.25, 0.3) is 17.0 Å². The second kappa shape index (κ2) is 17.6. The van der Waals surface area contributed by atoms with Crippen LogP contribution in [0.3, 0.4) is 0 Å². The molecule has 0 aliphatic carbocycles. The van der Waals surface area contributed by atoms with E-state index in [0.717, 1.165) is 61.4 Å². The van der Waals surface area contributed by atoms with E-state index in [-0.39, 0.29) is 30.4 Å². The van der Waals surface area contributed by atoms with Gasteiger partial charge in [-0.05, 0) is 102 Å². The summed E-state index contributed by atoms with van der Waals surface area (Å²) in [7, 11) is 1.46. The summed E-state index contributed by atoms with van der Waals surface area (Å²) in [5.41, 5.74) is 0.555. The molecule has 3 aromatic carbocycles. The summed E-state index contributed by atoms with van der Waals surface area (Å²) in [4.78, 5) is 33.1. The standard InChI is InChI=1S/C38H37Cl2F3IN7O4/c1-54-34(8-2-5-28-17-25-18-31(39)32(40)21-33(25)47-28)36(53)45-9-4-10-50-11-13-51(14-12-50)29-6-3-7-30(20-29)55-23-35(52)46-22-24-15-26(19-27(44)16-24)37(48-49-37)38(41,42)43/h2-3,5-8,15-21,47H,4,9-14,22-23H2,1H3,(H,45,53)(H,46,52). The van der Waals surface area contributed by atoms with Crippen molar-refractivity contribution in [2.24, 2.45) is 10.2 Å². The topological polar surface area (TPSA) is 124 Å². The number of aromatic nitrogens is 1. The van der Waals surface area contributed by atoms with Gasteiger partial charge in [0.1, 0.15) is 5.75 Å². The van der Waals surface area contributed by atoms with Crippen molar-refractivity contribution >= 4 is 80.3 Å². The molecule has 0 bridgehead atoms. The number of carbonyl (C=O) groups excluding carboxylic acids is 2. The zero-order valence-electron chi connectivity index (χ0n) is 29.6. The van der Waals surface area contributed by atoms with Gasteiger partial charge in [0.15, 0.2) is 12.4 Å². The molecule has 55 heavy (non-hydrogen) atoms. The first-order valence-electron chi connectivity index (χ1n) is 17.3. The van der Waals surface area contributed by atoms with Gasteiger partial charge in [0, 0.05) is 76.8 Å². The van der Waals surface area contributed by atoms with E-state index in [1.165, 1.54) is 19.2 Å². The van der Waals surface area contributed by atoms with E-state index in [1.807, 2.05) is 52.9 Å². The number of carbonyl (C=O) groups is 2. The molecule has 1 fully saturated rings. The van der Waals surface area contributed by atoms with Crippen LogP contribution in [-0.4, -0.2) is 80.9 Å². The fourth-order valence-corrected chi connectivity index (χ4v) is 7.17. The van der Waals surface area contributed by atoms with Crippen molar-refractivity contribution in [1.29, 1.82) is 0 Å². The molecular weight excluding hydrogens is 873 g/mol. The summed E-state index contributed by atoms with van der Waals surface area (Å²) in [5.74, 6) is 0.0192. The van der Waals surface area contributed by atoms with Gasteiger partial charge in [-0.25, -0.2) is 0 Å². The van der Waals surface area contributed by atoms with Crippen LogP contribution >= 0.6 is 45.8 Å². The Morgan fingerprint density at radius 2 is 1.78 bits per heavy atom. The van der Waals surface area contributed by atoms with Gasteiger partial charge >= 0.3 is 11.8 Å². The quantitative estimate of drug-likeness (QED) is 0.0368. The molecule has 290 valence electrons. The van der Waals surface area contributed by atoms with E-state index < -0.39 is 17.7 Å². The van der Waals surface area contributed by atoms with E-state index >= 15 is 0 Å². The van der Waals surface area contributed by atoms with Gasteiger partial charge in [-0.1, -0.05) is 35.3 Å². The lowest BCUT2D eigenvalue weighted by molar-refractivity contribution is -0.166. The van der Waals surface area contributed by atoms with Crippen molar-refractivity contribution in [1.82, 2.24) is 20.5 Å². The molecule has 3 heterocycles. The van der Waals surface area contributed by atoms with Crippen molar-refractivity contribution in [2.75, 3.05) is 57.9 Å². The zero-order chi connectivity index (χ0) is 39.2. The SMILES string of the molecule is COC(=CC=Cc1cc2cc(Cl)c(Cl)cc2[nH]1)C(=O)NCCCN1CCN(c2cccc(OCC(=O)NCc3cc(I)cc(C4(C(F)(F)F)N=N4)c3)c2)CC1. The summed E-state index contributed by atoms with van der Waals surface area (Å²) < 4.78 is 52.1. The maximum atomic E-state index is 13.5. The highest BCUT2D eigenvalue weighted by Crippen LogP contribution is 2.52. The highest BCUT2D eigenvalue weighted by Gasteiger charge is 2.65. The average molecular weight is 911 g/mol. The maximum absolute atomic E-state index is 13.5. The predicted octanol–water partition coefficient (Wildman–Crippen LogP) is 7.83. The van der Waals surface area contributed by atoms with Gasteiger partial charge < -0.3 is 30.0 Å². The molecule has 0 spiro atoms. The van der Waals surface area contributed by atoms with Gasteiger partial charge in [-0.2, -0.15) is 13.2 Å². The fraction of sp³-hybridized carbons (Fsp3) is 0.316. The molecule has 2 aliphatic rings. The van der Waals surface area contributed by atoms with E-state index in [0.29, 0.717) is 31.5 Å². The van der Waals surface area contributed by atoms with Crippen LogP contribution in [0, 0.1) is 3.57 Å². The third-order valence-corrected chi connectivity index (χ3v) is 10.4. The van der Waals surface area contributed by atoms with Gasteiger partial charge in [-0.15, -0.1) is 10.2 Å². The Morgan fingerprint density at radius 1 is 1.02 bits per heavy atom. The molecule has 4 aromatic rings. The van der Waals surface area contributed by atoms with Gasteiger partial charge in [0.25, 0.3) is 11.8 Å². The Kier molecular flexibility index (Phi) is 12.9. The number of allylic oxidation sites excluding steroid dienone is 2. The molecule has 6 rings (SSSR count). The number of benzene rings is 3. The first-order chi connectivity index (χ1) is 26.3. The Labute approximate surface area is 339 Å². The number of piperazine rings is 1. The highest BCUT2D eigenvalue weighted by atomic mass is 127. The minimum absolute atomic E-state index is 0.0282. The molecule has 1 saturated heterocycles. The molecule has 0 radical (unpaired) electrons. The molecule has 3 N–H and O–H groups in total. The molecule has 11 nitrogen and oxygen atoms in total. The average Bonchev–Trinajstić information content (AvgIpc) is 3.91. The second-order valence-corrected chi connectivity index (χ2v) is 15.0. The summed E-state index contributed by atoms with van der Waals surface area (Å²) in [6.45, 7) is 4.37. The number of halogens is 6. The van der Waals surface area contributed by atoms with E-state index in [4.69, 9.17) is 32.7 Å². The van der Waals surface area contributed by atoms with Crippen molar-refractivity contribution in [3.8, 4) is 5.75 Å². The number of amides is 2. The number of hydrogen-bond donors (Lipinski definition) is 3. The zero-order valence-corrected chi connectivity index (χ0v) is 33.2. The monoisotopic (exact) mass is 909 g/mol. The van der Waals surface area contributed by atoms with Crippen molar-refractivity contribution in [2.45, 2.75) is 24.8 Å². The van der Waals surface area contributed by atoms with Gasteiger partial charge in [0.2, 0.25) is 0 Å². The molecule has 17 heteroatoms. The number of rotatable bonds is 15. The normalized spacial score (nSPS) is 15.8. The van der Waals surface area contributed by atoms with E-state index in [9.17, 15) is 22.8 Å². The van der Waals surface area contributed by atoms with Gasteiger partial charge in [-0.3, -0.25) is 14.5 Å². The number of ether oxygens (including phenoxy) is 2. The Bertz CT molecular complexity index is 2090. The molecule has 2 aliphatic heterocycles. The second-order valence-electron chi connectivity index (χ2n) is 12.9. The third kappa shape index (κ3) is 10.3. The minimum atomic E-state index is -4.63. The van der Waals surface area contributed by atoms with Crippen LogP contribution < -0.4 is 20.3 Å². The molecule has 2 amide bonds. The molecular formula is C38H37Cl2F3IN7O4. The van der Waals surface area contributed by atoms with Crippen LogP contribution in [0.1, 0.15) is 23.2 Å². The van der Waals surface area contributed by atoms with E-state index in [1.54, 1.807) is 36.4 Å². The Morgan fingerprint density at radius 3 is 2.51 bits per heavy atom. The number of anilines is 1. The van der Waals surface area contributed by atoms with Crippen LogP contribution in [-0.2, 0) is 26.5 Å². The number of fused-ring (bicyclic) bond motifs is 1. The lowest BCUT2D eigenvalue weighted by Gasteiger charge is -2.36. The van der Waals surface area contributed by atoms with Crippen molar-refractivity contribution in [3.05, 3.63) is 109 Å². The number of nitrogens with zero attached hydrogens (tertiary/aromatic N) is 4. The third-order valence-electron chi connectivity index (χ3n) is 9.06. The van der Waals surface area contributed by atoms with Crippen molar-refractivity contribution in [3.63, 3.8) is 0 Å². The number of H-pyrrole nitrogens is 1. The smallest absolute Gasteiger partial charge is 0.442 e. The van der Waals surface area contributed by atoms with Crippen LogP contribution in [0.2, 0.25) is 10.0 Å². The minimum Gasteiger partial charge on any atom is -0.491 e. The number of methoxy groups -OCH3 is 1. The highest BCUT2D eigenvalue weighted by molar-refractivity contribution is 14.1. The van der Waals surface area contributed by atoms with Crippen LogP contribution in [0.15, 0.2) is 88.8 Å². The van der Waals surface area contributed by atoms with Crippen LogP contribution in [0.5, 0.6) is 5.75 Å². The summed E-state index contributed by atoms with van der Waals surface area (Å²) in [6, 6.07) is 17.4. The first kappa shape index (κ1) is 40.3. The molecule has 1 aromatic heterocycles. The van der Waals surface area contributed by atoms with Crippen LogP contribution in [0.4, 0.5) is 18.9 Å². The Balaban J connectivity index is 0.890. The molecule has 0 saturated carbocycles. The summed E-state index contributed by atoms with van der Waals surface area (Å²) in [6.07, 6.45) is 1.32. The first-order valence-corrected chi connectivity index (χ1v) is 19.1. The van der Waals surface area contributed by atoms with Gasteiger partial charge in [0.05, 0.1) is 17.2 Å². The molecule has 0 atom stereocenters.